The molecule has 1 fully saturated rings. The van der Waals surface area contributed by atoms with E-state index in [1.54, 1.807) is 10.9 Å². The lowest BCUT2D eigenvalue weighted by molar-refractivity contribution is -0.0432. The SMILES string of the molecule is CCCNc1ncnc2c1ncn2[C@H]1C[C@H](O)[C@@H](CO)O1. The standard InChI is InChI=1S/C13H19N5O3/c1-2-3-14-12-11-13(16-6-15-12)18(7-17-11)10-4-8(20)9(5-19)21-10/h6-10,19-20H,2-5H2,1H3,(H,14,15,16)/t8-,9+,10+/m0/s1. The van der Waals surface area contributed by atoms with Crippen LogP contribution in [0.3, 0.4) is 0 Å². The lowest BCUT2D eigenvalue weighted by Gasteiger charge is -2.13. The Kier molecular flexibility index (Phi) is 4.00. The summed E-state index contributed by atoms with van der Waals surface area (Å²) in [5.41, 5.74) is 1.33. The molecule has 2 aromatic rings. The van der Waals surface area contributed by atoms with Gasteiger partial charge in [-0.3, -0.25) is 4.57 Å². The Morgan fingerprint density at radius 1 is 1.43 bits per heavy atom. The highest BCUT2D eigenvalue weighted by molar-refractivity contribution is 5.82. The number of aliphatic hydroxyl groups excluding tert-OH is 2. The predicted octanol–water partition coefficient (Wildman–Crippen LogP) is 0.289. The highest BCUT2D eigenvalue weighted by Gasteiger charge is 2.35. The molecule has 114 valence electrons. The van der Waals surface area contributed by atoms with Gasteiger partial charge in [-0.2, -0.15) is 0 Å². The van der Waals surface area contributed by atoms with Crippen LogP contribution in [-0.2, 0) is 4.74 Å². The minimum Gasteiger partial charge on any atom is -0.394 e. The van der Waals surface area contributed by atoms with Crippen LogP contribution in [0.5, 0.6) is 0 Å². The van der Waals surface area contributed by atoms with Crippen molar-refractivity contribution in [2.45, 2.75) is 38.2 Å². The van der Waals surface area contributed by atoms with Gasteiger partial charge < -0.3 is 20.3 Å². The maximum atomic E-state index is 9.84. The third-order valence-electron chi connectivity index (χ3n) is 3.60. The molecule has 0 radical (unpaired) electrons. The van der Waals surface area contributed by atoms with Gasteiger partial charge in [-0.25, -0.2) is 15.0 Å². The van der Waals surface area contributed by atoms with E-state index in [-0.39, 0.29) is 12.8 Å². The van der Waals surface area contributed by atoms with E-state index in [4.69, 9.17) is 9.84 Å². The van der Waals surface area contributed by atoms with Crippen LogP contribution in [0.4, 0.5) is 5.82 Å². The zero-order valence-electron chi connectivity index (χ0n) is 11.8. The summed E-state index contributed by atoms with van der Waals surface area (Å²) in [5.74, 6) is 0.692. The fourth-order valence-electron chi connectivity index (χ4n) is 2.49. The number of nitrogens with zero attached hydrogens (tertiary/aromatic N) is 4. The van der Waals surface area contributed by atoms with Crippen LogP contribution in [-0.4, -0.2) is 55.1 Å². The summed E-state index contributed by atoms with van der Waals surface area (Å²) in [6.07, 6.45) is 2.88. The lowest BCUT2D eigenvalue weighted by Crippen LogP contribution is -2.24. The number of hydrogen-bond donors (Lipinski definition) is 3. The average Bonchev–Trinajstić information content (AvgIpc) is 3.08. The summed E-state index contributed by atoms with van der Waals surface area (Å²) in [6, 6.07) is 0. The van der Waals surface area contributed by atoms with Crippen molar-refractivity contribution in [3.8, 4) is 0 Å². The van der Waals surface area contributed by atoms with E-state index in [0.29, 0.717) is 23.4 Å². The van der Waals surface area contributed by atoms with Crippen molar-refractivity contribution in [3.63, 3.8) is 0 Å². The second-order valence-corrected chi connectivity index (χ2v) is 5.09. The van der Waals surface area contributed by atoms with E-state index in [9.17, 15) is 5.11 Å². The smallest absolute Gasteiger partial charge is 0.167 e. The molecule has 21 heavy (non-hydrogen) atoms. The second kappa shape index (κ2) is 5.92. The number of rotatable bonds is 5. The first-order valence-electron chi connectivity index (χ1n) is 7.10. The molecule has 2 aromatic heterocycles. The van der Waals surface area contributed by atoms with Gasteiger partial charge in [-0.1, -0.05) is 6.92 Å². The Bertz CT molecular complexity index is 617. The molecule has 8 heteroatoms. The van der Waals surface area contributed by atoms with Crippen LogP contribution < -0.4 is 5.32 Å². The number of aromatic nitrogens is 4. The molecule has 1 aliphatic heterocycles. The summed E-state index contributed by atoms with van der Waals surface area (Å²) in [6.45, 7) is 2.68. The van der Waals surface area contributed by atoms with E-state index in [1.807, 2.05) is 0 Å². The summed E-state index contributed by atoms with van der Waals surface area (Å²) in [4.78, 5) is 12.8. The van der Waals surface area contributed by atoms with Gasteiger partial charge in [0.25, 0.3) is 0 Å². The van der Waals surface area contributed by atoms with Crippen molar-refractivity contribution in [3.05, 3.63) is 12.7 Å². The third-order valence-corrected chi connectivity index (χ3v) is 3.60. The third kappa shape index (κ3) is 2.57. The molecule has 0 spiro atoms. The minimum absolute atomic E-state index is 0.206. The van der Waals surface area contributed by atoms with Gasteiger partial charge in [0.05, 0.1) is 19.0 Å². The van der Waals surface area contributed by atoms with Crippen LogP contribution in [0.25, 0.3) is 11.2 Å². The molecule has 0 amide bonds. The molecule has 0 aromatic carbocycles. The van der Waals surface area contributed by atoms with Crippen LogP contribution in [0.1, 0.15) is 26.0 Å². The minimum atomic E-state index is -0.683. The van der Waals surface area contributed by atoms with Gasteiger partial charge in [0.2, 0.25) is 0 Å². The zero-order valence-corrected chi connectivity index (χ0v) is 11.8. The highest BCUT2D eigenvalue weighted by Crippen LogP contribution is 2.31. The van der Waals surface area contributed by atoms with Crippen LogP contribution >= 0.6 is 0 Å². The molecule has 1 aliphatic rings. The van der Waals surface area contributed by atoms with E-state index >= 15 is 0 Å². The van der Waals surface area contributed by atoms with Gasteiger partial charge in [0.1, 0.15) is 18.7 Å². The Balaban J connectivity index is 1.90. The normalized spacial score (nSPS) is 25.6. The summed E-state index contributed by atoms with van der Waals surface area (Å²) >= 11 is 0. The van der Waals surface area contributed by atoms with E-state index < -0.39 is 12.2 Å². The lowest BCUT2D eigenvalue weighted by atomic mass is 10.2. The van der Waals surface area contributed by atoms with E-state index in [2.05, 4.69) is 27.2 Å². The molecule has 8 nitrogen and oxygen atoms in total. The second-order valence-electron chi connectivity index (χ2n) is 5.09. The molecular formula is C13H19N5O3. The Hall–Kier alpha value is -1.77. The largest absolute Gasteiger partial charge is 0.394 e. The maximum Gasteiger partial charge on any atom is 0.167 e. The number of anilines is 1. The van der Waals surface area contributed by atoms with Gasteiger partial charge >= 0.3 is 0 Å². The van der Waals surface area contributed by atoms with Gasteiger partial charge in [-0.05, 0) is 6.42 Å². The number of hydrogen-bond acceptors (Lipinski definition) is 7. The molecule has 3 heterocycles. The van der Waals surface area contributed by atoms with Gasteiger partial charge in [-0.15, -0.1) is 0 Å². The molecule has 0 aliphatic carbocycles. The van der Waals surface area contributed by atoms with Crippen LogP contribution in [0.15, 0.2) is 12.7 Å². The number of aliphatic hydroxyl groups is 2. The van der Waals surface area contributed by atoms with Crippen molar-refractivity contribution in [2.75, 3.05) is 18.5 Å². The van der Waals surface area contributed by atoms with Gasteiger partial charge in [0, 0.05) is 13.0 Å². The van der Waals surface area contributed by atoms with Crippen molar-refractivity contribution >= 4 is 17.0 Å². The predicted molar refractivity (Wildman–Crippen MR) is 75.7 cm³/mol. The Morgan fingerprint density at radius 3 is 3.00 bits per heavy atom. The van der Waals surface area contributed by atoms with Crippen molar-refractivity contribution in [1.82, 2.24) is 19.5 Å². The van der Waals surface area contributed by atoms with Crippen molar-refractivity contribution in [1.29, 1.82) is 0 Å². The monoisotopic (exact) mass is 293 g/mol. The number of imidazole rings is 1. The first-order valence-corrected chi connectivity index (χ1v) is 7.10. The molecule has 0 saturated carbocycles. The molecule has 3 N–H and O–H groups in total. The molecule has 3 atom stereocenters. The van der Waals surface area contributed by atoms with Crippen LogP contribution in [0, 0.1) is 0 Å². The highest BCUT2D eigenvalue weighted by atomic mass is 16.5. The van der Waals surface area contributed by atoms with Gasteiger partial charge in [0.15, 0.2) is 17.0 Å². The van der Waals surface area contributed by atoms with Crippen molar-refractivity contribution < 1.29 is 14.9 Å². The fraction of sp³-hybridized carbons (Fsp3) is 0.615. The summed E-state index contributed by atoms with van der Waals surface area (Å²) in [7, 11) is 0. The maximum absolute atomic E-state index is 9.84. The fourth-order valence-corrected chi connectivity index (χ4v) is 2.49. The molecule has 3 rings (SSSR count). The molecular weight excluding hydrogens is 274 g/mol. The molecule has 0 bridgehead atoms. The summed E-state index contributed by atoms with van der Waals surface area (Å²) < 4.78 is 7.41. The number of nitrogens with one attached hydrogen (secondary N) is 1. The van der Waals surface area contributed by atoms with Crippen LogP contribution in [0.2, 0.25) is 0 Å². The van der Waals surface area contributed by atoms with E-state index in [0.717, 1.165) is 13.0 Å². The molecule has 0 unspecified atom stereocenters. The number of fused-ring (bicyclic) bond motifs is 1. The van der Waals surface area contributed by atoms with Crippen molar-refractivity contribution in [2.24, 2.45) is 0 Å². The Labute approximate surface area is 121 Å². The topological polar surface area (TPSA) is 105 Å². The average molecular weight is 293 g/mol. The number of ether oxygens (including phenoxy) is 1. The quantitative estimate of drug-likeness (QED) is 0.727. The summed E-state index contributed by atoms with van der Waals surface area (Å²) in [5, 5.41) is 22.2. The zero-order chi connectivity index (χ0) is 14.8. The Morgan fingerprint density at radius 2 is 2.29 bits per heavy atom. The van der Waals surface area contributed by atoms with E-state index in [1.165, 1.54) is 6.33 Å². The first-order chi connectivity index (χ1) is 10.2. The first kappa shape index (κ1) is 14.2. The molecule has 1 saturated heterocycles.